The molecule has 0 amide bonds. The molecule has 0 bridgehead atoms. The molecular weight excluding hydrogens is 279 g/mol. The zero-order chi connectivity index (χ0) is 13.8. The summed E-state index contributed by atoms with van der Waals surface area (Å²) in [6, 6.07) is 5.97. The van der Waals surface area contributed by atoms with Crippen LogP contribution in [0.5, 0.6) is 0 Å². The van der Waals surface area contributed by atoms with Crippen LogP contribution in [0.3, 0.4) is 0 Å². The lowest BCUT2D eigenvalue weighted by molar-refractivity contribution is 0.141. The van der Waals surface area contributed by atoms with Gasteiger partial charge in [-0.25, -0.2) is 0 Å². The van der Waals surface area contributed by atoms with Gasteiger partial charge < -0.3 is 5.73 Å². The summed E-state index contributed by atoms with van der Waals surface area (Å²) in [7, 11) is 0. The normalized spacial score (nSPS) is 17.5. The third kappa shape index (κ3) is 3.43. The largest absolute Gasteiger partial charge is 0.329 e. The molecule has 1 aromatic rings. The van der Waals surface area contributed by atoms with Gasteiger partial charge in [0.15, 0.2) is 0 Å². The summed E-state index contributed by atoms with van der Waals surface area (Å²) in [4.78, 5) is 2.43. The van der Waals surface area contributed by atoms with Gasteiger partial charge in [-0.1, -0.05) is 48.7 Å². The second kappa shape index (κ2) is 6.94. The molecule has 0 aromatic heterocycles. The first kappa shape index (κ1) is 15.1. The first-order valence-electron chi connectivity index (χ1n) is 7.05. The van der Waals surface area contributed by atoms with Crippen LogP contribution in [0.4, 0.5) is 0 Å². The highest BCUT2D eigenvalue weighted by Crippen LogP contribution is 2.34. The van der Waals surface area contributed by atoms with Crippen molar-refractivity contribution in [3.63, 3.8) is 0 Å². The molecule has 1 aliphatic carbocycles. The molecule has 0 spiro atoms. The molecule has 0 saturated heterocycles. The van der Waals surface area contributed by atoms with Crippen molar-refractivity contribution < 1.29 is 0 Å². The fourth-order valence-corrected chi connectivity index (χ4v) is 3.17. The maximum Gasteiger partial charge on any atom is 0.0640 e. The molecular formula is C15H22Cl2N2. The molecule has 0 heterocycles. The Labute approximate surface area is 125 Å². The van der Waals surface area contributed by atoms with Crippen LogP contribution in [0.15, 0.2) is 18.2 Å². The maximum atomic E-state index is 6.34. The van der Waals surface area contributed by atoms with Crippen LogP contribution < -0.4 is 5.73 Å². The van der Waals surface area contributed by atoms with Crippen molar-refractivity contribution in [2.75, 3.05) is 19.6 Å². The first-order valence-corrected chi connectivity index (χ1v) is 7.81. The van der Waals surface area contributed by atoms with Gasteiger partial charge in [0, 0.05) is 19.1 Å². The lowest BCUT2D eigenvalue weighted by Gasteiger charge is -2.37. The van der Waals surface area contributed by atoms with E-state index < -0.39 is 0 Å². The molecule has 2 nitrogen and oxygen atoms in total. The van der Waals surface area contributed by atoms with E-state index in [9.17, 15) is 0 Å². The SMILES string of the molecule is CCN(CC1CCC1)C(CN)c1cccc(Cl)c1Cl. The number of halogens is 2. The molecule has 1 unspecified atom stereocenters. The van der Waals surface area contributed by atoms with Crippen molar-refractivity contribution in [2.45, 2.75) is 32.2 Å². The van der Waals surface area contributed by atoms with Crippen molar-refractivity contribution in [3.8, 4) is 0 Å². The molecule has 0 radical (unpaired) electrons. The van der Waals surface area contributed by atoms with E-state index >= 15 is 0 Å². The average Bonchev–Trinajstić information content (AvgIpc) is 2.36. The Balaban J connectivity index is 2.18. The summed E-state index contributed by atoms with van der Waals surface area (Å²) < 4.78 is 0. The van der Waals surface area contributed by atoms with Crippen LogP contribution in [0, 0.1) is 5.92 Å². The molecule has 1 saturated carbocycles. The van der Waals surface area contributed by atoms with E-state index in [1.165, 1.54) is 19.3 Å². The lowest BCUT2D eigenvalue weighted by Crippen LogP contribution is -2.38. The topological polar surface area (TPSA) is 29.3 Å². The van der Waals surface area contributed by atoms with Crippen LogP contribution in [-0.4, -0.2) is 24.5 Å². The van der Waals surface area contributed by atoms with E-state index in [2.05, 4.69) is 11.8 Å². The number of hydrogen-bond acceptors (Lipinski definition) is 2. The second-order valence-electron chi connectivity index (χ2n) is 5.28. The van der Waals surface area contributed by atoms with Gasteiger partial charge in [0.05, 0.1) is 10.0 Å². The van der Waals surface area contributed by atoms with Crippen molar-refractivity contribution in [2.24, 2.45) is 11.7 Å². The van der Waals surface area contributed by atoms with Crippen molar-refractivity contribution in [1.29, 1.82) is 0 Å². The van der Waals surface area contributed by atoms with Gasteiger partial charge in [-0.15, -0.1) is 0 Å². The fraction of sp³-hybridized carbons (Fsp3) is 0.600. The van der Waals surface area contributed by atoms with E-state index in [0.717, 1.165) is 24.6 Å². The Morgan fingerprint density at radius 3 is 2.63 bits per heavy atom. The zero-order valence-corrected chi connectivity index (χ0v) is 12.9. The van der Waals surface area contributed by atoms with Crippen molar-refractivity contribution in [1.82, 2.24) is 4.90 Å². The van der Waals surface area contributed by atoms with Gasteiger partial charge in [0.25, 0.3) is 0 Å². The summed E-state index contributed by atoms with van der Waals surface area (Å²) in [5.74, 6) is 0.826. The molecule has 1 fully saturated rings. The summed E-state index contributed by atoms with van der Waals surface area (Å²) >= 11 is 12.5. The standard InChI is InChI=1S/C15H22Cl2N2/c1-2-19(10-11-5-3-6-11)14(9-18)12-7-4-8-13(16)15(12)17/h4,7-8,11,14H,2-3,5-6,9-10,18H2,1H3. The minimum Gasteiger partial charge on any atom is -0.329 e. The van der Waals surface area contributed by atoms with Crippen LogP contribution in [0.25, 0.3) is 0 Å². The molecule has 1 atom stereocenters. The smallest absolute Gasteiger partial charge is 0.0640 e. The highest BCUT2D eigenvalue weighted by molar-refractivity contribution is 6.42. The molecule has 4 heteroatoms. The van der Waals surface area contributed by atoms with Gasteiger partial charge in [-0.05, 0) is 36.9 Å². The number of hydrogen-bond donors (Lipinski definition) is 1. The molecule has 106 valence electrons. The number of likely N-dealkylation sites (N-methyl/N-ethyl adjacent to an activating group) is 1. The van der Waals surface area contributed by atoms with E-state index in [4.69, 9.17) is 28.9 Å². The first-order chi connectivity index (χ1) is 9.17. The van der Waals surface area contributed by atoms with Gasteiger partial charge in [0.2, 0.25) is 0 Å². The predicted molar refractivity (Wildman–Crippen MR) is 82.8 cm³/mol. The maximum absolute atomic E-state index is 6.34. The van der Waals surface area contributed by atoms with E-state index in [-0.39, 0.29) is 6.04 Å². The summed E-state index contributed by atoms with van der Waals surface area (Å²) in [5.41, 5.74) is 7.05. The molecule has 2 rings (SSSR count). The van der Waals surface area contributed by atoms with E-state index in [0.29, 0.717) is 16.6 Å². The second-order valence-corrected chi connectivity index (χ2v) is 6.06. The number of benzene rings is 1. The molecule has 2 N–H and O–H groups in total. The highest BCUT2D eigenvalue weighted by Gasteiger charge is 2.26. The summed E-state index contributed by atoms with van der Waals surface area (Å²) in [5, 5.41) is 1.25. The number of nitrogens with two attached hydrogens (primary N) is 1. The van der Waals surface area contributed by atoms with Gasteiger partial charge in [0.1, 0.15) is 0 Å². The Kier molecular flexibility index (Phi) is 5.52. The monoisotopic (exact) mass is 300 g/mol. The summed E-state index contributed by atoms with van der Waals surface area (Å²) in [6.07, 6.45) is 4.06. The minimum atomic E-state index is 0.164. The number of nitrogens with zero attached hydrogens (tertiary/aromatic N) is 1. The third-order valence-corrected chi connectivity index (χ3v) is 4.96. The van der Waals surface area contributed by atoms with Crippen LogP contribution >= 0.6 is 23.2 Å². The Morgan fingerprint density at radius 2 is 2.11 bits per heavy atom. The average molecular weight is 301 g/mol. The van der Waals surface area contributed by atoms with Crippen molar-refractivity contribution in [3.05, 3.63) is 33.8 Å². The molecule has 19 heavy (non-hydrogen) atoms. The van der Waals surface area contributed by atoms with E-state index in [1.807, 2.05) is 18.2 Å². The molecule has 1 aromatic carbocycles. The van der Waals surface area contributed by atoms with Crippen LogP contribution in [0.2, 0.25) is 10.0 Å². The predicted octanol–water partition coefficient (Wildman–Crippen LogP) is 4.12. The quantitative estimate of drug-likeness (QED) is 0.856. The lowest BCUT2D eigenvalue weighted by atomic mass is 9.84. The van der Waals surface area contributed by atoms with Crippen LogP contribution in [-0.2, 0) is 0 Å². The van der Waals surface area contributed by atoms with Gasteiger partial charge >= 0.3 is 0 Å². The van der Waals surface area contributed by atoms with Crippen LogP contribution in [0.1, 0.15) is 37.8 Å². The van der Waals surface area contributed by atoms with Gasteiger partial charge in [-0.3, -0.25) is 4.90 Å². The Morgan fingerprint density at radius 1 is 1.37 bits per heavy atom. The Bertz CT molecular complexity index is 419. The molecule has 0 aliphatic heterocycles. The minimum absolute atomic E-state index is 0.164. The number of rotatable bonds is 6. The van der Waals surface area contributed by atoms with Crippen molar-refractivity contribution >= 4 is 23.2 Å². The third-order valence-electron chi connectivity index (χ3n) is 4.13. The zero-order valence-electron chi connectivity index (χ0n) is 11.4. The van der Waals surface area contributed by atoms with E-state index in [1.54, 1.807) is 0 Å². The highest BCUT2D eigenvalue weighted by atomic mass is 35.5. The van der Waals surface area contributed by atoms with Gasteiger partial charge in [-0.2, -0.15) is 0 Å². The Hall–Kier alpha value is -0.280. The fourth-order valence-electron chi connectivity index (χ4n) is 2.73. The molecule has 1 aliphatic rings. The summed E-state index contributed by atoms with van der Waals surface area (Å²) in [6.45, 7) is 4.85.